The summed E-state index contributed by atoms with van der Waals surface area (Å²) in [6, 6.07) is 11.4. The summed E-state index contributed by atoms with van der Waals surface area (Å²) in [6.45, 7) is 0. The van der Waals surface area contributed by atoms with E-state index >= 15 is 0 Å². The molecule has 0 aliphatic carbocycles. The molecule has 0 amide bonds. The molecule has 2 aromatic heterocycles. The molecule has 0 saturated heterocycles. The van der Waals surface area contributed by atoms with Gasteiger partial charge in [-0.05, 0) is 51.6 Å². The average molecular weight is 493 g/mol. The molecule has 4 nitrogen and oxygen atoms in total. The second-order valence-corrected chi connectivity index (χ2v) is 8.67. The lowest BCUT2D eigenvalue weighted by atomic mass is 10.2. The fraction of sp³-hybridized carbons (Fsp3) is 0.0500. The Kier molecular flexibility index (Phi) is 5.62. The number of hydrogen-bond acceptors (Lipinski definition) is 5. The van der Waals surface area contributed by atoms with Crippen LogP contribution in [0.1, 0.15) is 9.67 Å². The number of para-hydroxylation sites is 1. The van der Waals surface area contributed by atoms with Crippen molar-refractivity contribution in [2.45, 2.75) is 5.16 Å². The number of fused-ring (bicyclic) bond motifs is 1. The van der Waals surface area contributed by atoms with Gasteiger partial charge in [0.1, 0.15) is 11.6 Å². The van der Waals surface area contributed by atoms with Gasteiger partial charge >= 0.3 is 0 Å². The van der Waals surface area contributed by atoms with Crippen molar-refractivity contribution in [1.82, 2.24) is 9.55 Å². The number of carbonyl (C=O) groups is 1. The molecule has 146 valence electrons. The highest BCUT2D eigenvalue weighted by atomic mass is 79.9. The molecule has 0 unspecified atom stereocenters. The predicted molar refractivity (Wildman–Crippen MR) is 114 cm³/mol. The van der Waals surface area contributed by atoms with E-state index in [2.05, 4.69) is 20.9 Å². The maximum atomic E-state index is 14.5. The number of halogens is 3. The zero-order chi connectivity index (χ0) is 20.5. The lowest BCUT2D eigenvalue weighted by Gasteiger charge is -2.13. The van der Waals surface area contributed by atoms with Crippen LogP contribution < -0.4 is 5.56 Å². The van der Waals surface area contributed by atoms with E-state index in [1.807, 2.05) is 0 Å². The van der Waals surface area contributed by atoms with Gasteiger partial charge in [-0.15, -0.1) is 11.3 Å². The van der Waals surface area contributed by atoms with Crippen LogP contribution in [0.2, 0.25) is 0 Å². The Balaban J connectivity index is 1.82. The van der Waals surface area contributed by atoms with Gasteiger partial charge in [0, 0.05) is 10.5 Å². The van der Waals surface area contributed by atoms with E-state index in [4.69, 9.17) is 0 Å². The molecule has 29 heavy (non-hydrogen) atoms. The van der Waals surface area contributed by atoms with Gasteiger partial charge in [0.2, 0.25) is 0 Å². The molecule has 0 aliphatic heterocycles. The summed E-state index contributed by atoms with van der Waals surface area (Å²) in [7, 11) is 0. The normalized spacial score (nSPS) is 11.1. The fourth-order valence-corrected chi connectivity index (χ4v) is 5.27. The van der Waals surface area contributed by atoms with Crippen LogP contribution in [0.4, 0.5) is 8.78 Å². The van der Waals surface area contributed by atoms with Gasteiger partial charge in [-0.3, -0.25) is 14.2 Å². The minimum Gasteiger partial charge on any atom is -0.292 e. The topological polar surface area (TPSA) is 52.0 Å². The number of carbonyl (C=O) groups excluding carboxylic acids is 1. The zero-order valence-corrected chi connectivity index (χ0v) is 17.8. The van der Waals surface area contributed by atoms with Gasteiger partial charge in [0.25, 0.3) is 5.56 Å². The van der Waals surface area contributed by atoms with Crippen molar-refractivity contribution in [2.75, 3.05) is 5.75 Å². The smallest absolute Gasteiger partial charge is 0.266 e. The molecular formula is C20H11BrF2N2O2S2. The highest BCUT2D eigenvalue weighted by Crippen LogP contribution is 2.27. The summed E-state index contributed by atoms with van der Waals surface area (Å²) in [5, 5.41) is 2.24. The van der Waals surface area contributed by atoms with Gasteiger partial charge in [-0.25, -0.2) is 13.8 Å². The molecule has 2 heterocycles. The molecule has 4 aromatic rings. The number of Topliss-reactive ketones (excluding diaryl/α,β-unsaturated/α-hetero) is 1. The number of rotatable bonds is 5. The highest BCUT2D eigenvalue weighted by molar-refractivity contribution is 9.10. The quantitative estimate of drug-likeness (QED) is 0.211. The molecule has 0 spiro atoms. The molecule has 0 N–H and O–H groups in total. The number of nitrogens with zero attached hydrogens (tertiary/aromatic N) is 2. The molecule has 0 atom stereocenters. The average Bonchev–Trinajstić information content (AvgIpc) is 3.13. The third kappa shape index (κ3) is 3.90. The second-order valence-electron chi connectivity index (χ2n) is 5.96. The van der Waals surface area contributed by atoms with Crippen molar-refractivity contribution in [3.63, 3.8) is 0 Å². The lowest BCUT2D eigenvalue weighted by molar-refractivity contribution is 0.102. The molecule has 0 bridgehead atoms. The van der Waals surface area contributed by atoms with Gasteiger partial charge < -0.3 is 0 Å². The summed E-state index contributed by atoms with van der Waals surface area (Å²) in [5.74, 6) is -1.78. The molecule has 9 heteroatoms. The Hall–Kier alpha value is -2.36. The van der Waals surface area contributed by atoms with Crippen molar-refractivity contribution in [3.05, 3.63) is 85.2 Å². The van der Waals surface area contributed by atoms with E-state index in [0.29, 0.717) is 26.3 Å². The molecule has 2 aromatic carbocycles. The van der Waals surface area contributed by atoms with Gasteiger partial charge in [0.05, 0.1) is 27.2 Å². The molecule has 0 aliphatic rings. The first-order valence-electron chi connectivity index (χ1n) is 8.32. The Morgan fingerprint density at radius 2 is 1.97 bits per heavy atom. The summed E-state index contributed by atoms with van der Waals surface area (Å²) in [6.07, 6.45) is 0. The minimum absolute atomic E-state index is 0.00665. The second kappa shape index (κ2) is 8.17. The van der Waals surface area contributed by atoms with Gasteiger partial charge in [-0.2, -0.15) is 0 Å². The Bertz CT molecular complexity index is 1300. The fourth-order valence-electron chi connectivity index (χ4n) is 2.77. The number of hydrogen-bond donors (Lipinski definition) is 0. The lowest BCUT2D eigenvalue weighted by Crippen LogP contribution is -2.23. The van der Waals surface area contributed by atoms with Crippen LogP contribution in [-0.4, -0.2) is 21.1 Å². The third-order valence-corrected chi connectivity index (χ3v) is 6.92. The number of benzene rings is 2. The Morgan fingerprint density at radius 1 is 1.17 bits per heavy atom. The summed E-state index contributed by atoms with van der Waals surface area (Å²) in [5.41, 5.74) is -0.182. The Morgan fingerprint density at radius 3 is 2.69 bits per heavy atom. The van der Waals surface area contributed by atoms with E-state index in [9.17, 15) is 18.4 Å². The maximum absolute atomic E-state index is 14.5. The highest BCUT2D eigenvalue weighted by Gasteiger charge is 2.19. The Labute approximate surface area is 180 Å². The maximum Gasteiger partial charge on any atom is 0.266 e. The van der Waals surface area contributed by atoms with Crippen LogP contribution in [0.25, 0.3) is 16.6 Å². The van der Waals surface area contributed by atoms with Crippen LogP contribution in [0.5, 0.6) is 0 Å². The molecule has 4 rings (SSSR count). The van der Waals surface area contributed by atoms with E-state index in [1.165, 1.54) is 17.4 Å². The summed E-state index contributed by atoms with van der Waals surface area (Å²) < 4.78 is 29.6. The van der Waals surface area contributed by atoms with Crippen molar-refractivity contribution in [1.29, 1.82) is 0 Å². The number of aromatic nitrogens is 2. The van der Waals surface area contributed by atoms with Gasteiger partial charge in [0.15, 0.2) is 10.9 Å². The SMILES string of the molecule is O=C(CSc1nc2ccccc2c(=O)n1-c1ccc(F)cc1F)c1sccc1Br. The van der Waals surface area contributed by atoms with Crippen LogP contribution >= 0.6 is 39.0 Å². The minimum atomic E-state index is -0.890. The van der Waals surface area contributed by atoms with Crippen molar-refractivity contribution in [2.24, 2.45) is 0 Å². The van der Waals surface area contributed by atoms with Crippen LogP contribution in [0.3, 0.4) is 0 Å². The predicted octanol–water partition coefficient (Wildman–Crippen LogP) is 5.46. The standard InChI is InChI=1S/C20H11BrF2N2O2S2/c21-13-7-8-28-18(13)17(26)10-29-20-24-15-4-2-1-3-12(15)19(27)25(20)16-6-5-11(22)9-14(16)23/h1-9H,10H2. The van der Waals surface area contributed by atoms with E-state index < -0.39 is 17.2 Å². The molecule has 0 saturated carbocycles. The summed E-state index contributed by atoms with van der Waals surface area (Å²) >= 11 is 5.66. The molecule has 0 fully saturated rings. The first kappa shape index (κ1) is 19.9. The third-order valence-electron chi connectivity index (χ3n) is 4.10. The number of thioether (sulfide) groups is 1. The van der Waals surface area contributed by atoms with E-state index in [-0.39, 0.29) is 22.4 Å². The van der Waals surface area contributed by atoms with Crippen molar-refractivity contribution >= 4 is 55.7 Å². The van der Waals surface area contributed by atoms with E-state index in [1.54, 1.807) is 35.7 Å². The van der Waals surface area contributed by atoms with Crippen LogP contribution in [0, 0.1) is 11.6 Å². The monoisotopic (exact) mass is 492 g/mol. The summed E-state index contributed by atoms with van der Waals surface area (Å²) in [4.78, 5) is 30.6. The van der Waals surface area contributed by atoms with Crippen molar-refractivity contribution in [3.8, 4) is 5.69 Å². The van der Waals surface area contributed by atoms with Gasteiger partial charge in [-0.1, -0.05) is 23.9 Å². The van der Waals surface area contributed by atoms with Crippen LogP contribution in [0.15, 0.2) is 68.3 Å². The zero-order valence-electron chi connectivity index (χ0n) is 14.6. The largest absolute Gasteiger partial charge is 0.292 e. The first-order valence-corrected chi connectivity index (χ1v) is 11.0. The first-order chi connectivity index (χ1) is 14.0. The van der Waals surface area contributed by atoms with Crippen molar-refractivity contribution < 1.29 is 13.6 Å². The van der Waals surface area contributed by atoms with E-state index in [0.717, 1.165) is 22.4 Å². The van der Waals surface area contributed by atoms with Crippen LogP contribution in [-0.2, 0) is 0 Å². The number of thiophene rings is 1. The molecular weight excluding hydrogens is 482 g/mol. The molecule has 0 radical (unpaired) electrons. The number of ketones is 1.